The monoisotopic (exact) mass is 396 g/mol. The van der Waals surface area contributed by atoms with Crippen molar-refractivity contribution in [1.82, 2.24) is 0 Å². The summed E-state index contributed by atoms with van der Waals surface area (Å²) in [5.41, 5.74) is 3.33. The van der Waals surface area contributed by atoms with Crippen molar-refractivity contribution in [3.05, 3.63) is 42.1 Å². The molecule has 2 aromatic carbocycles. The molecular weight excluding hydrogens is 374 g/mol. The first-order valence-electron chi connectivity index (χ1n) is 9.19. The van der Waals surface area contributed by atoms with E-state index in [1.807, 2.05) is 24.4 Å². The minimum absolute atomic E-state index is 0.431. The molecule has 0 radical (unpaired) electrons. The highest BCUT2D eigenvalue weighted by atomic mass is 16.5. The third kappa shape index (κ3) is 3.29. The molecule has 4 rings (SSSR count). The van der Waals surface area contributed by atoms with E-state index in [0.717, 1.165) is 40.7 Å². The van der Waals surface area contributed by atoms with Crippen molar-refractivity contribution in [3.8, 4) is 34.3 Å². The van der Waals surface area contributed by atoms with Crippen molar-refractivity contribution >= 4 is 16.7 Å². The highest BCUT2D eigenvalue weighted by Crippen LogP contribution is 2.40. The Morgan fingerprint density at radius 2 is 1.76 bits per heavy atom. The molecule has 0 amide bonds. The fourth-order valence-corrected chi connectivity index (χ4v) is 3.78. The maximum absolute atomic E-state index is 11.0. The molecule has 2 heterocycles. The Bertz CT molecular complexity index is 1110. The van der Waals surface area contributed by atoms with E-state index in [9.17, 15) is 4.79 Å². The maximum atomic E-state index is 11.0. The number of methoxy groups -OCH3 is 3. The number of aromatic nitrogens is 1. The molecule has 0 bridgehead atoms. The van der Waals surface area contributed by atoms with Crippen LogP contribution in [0.5, 0.6) is 23.0 Å². The molecule has 0 saturated heterocycles. The van der Waals surface area contributed by atoms with Gasteiger partial charge in [-0.3, -0.25) is 0 Å². The van der Waals surface area contributed by atoms with E-state index >= 15 is 0 Å². The zero-order valence-electron chi connectivity index (χ0n) is 16.5. The van der Waals surface area contributed by atoms with Crippen LogP contribution in [0.25, 0.3) is 22.0 Å². The first-order valence-corrected chi connectivity index (χ1v) is 9.19. The minimum atomic E-state index is -1.04. The van der Waals surface area contributed by atoms with E-state index in [-0.39, 0.29) is 0 Å². The Kier molecular flexibility index (Phi) is 4.88. The van der Waals surface area contributed by atoms with Crippen LogP contribution in [0.2, 0.25) is 0 Å². The molecule has 29 heavy (non-hydrogen) atoms. The number of rotatable bonds is 6. The van der Waals surface area contributed by atoms with Crippen molar-refractivity contribution in [2.24, 2.45) is 0 Å². The third-order valence-electron chi connectivity index (χ3n) is 5.15. The van der Waals surface area contributed by atoms with E-state index in [4.69, 9.17) is 24.1 Å². The number of aliphatic carboxylic acids is 1. The van der Waals surface area contributed by atoms with E-state index in [2.05, 4.69) is 10.6 Å². The largest absolute Gasteiger partial charge is 0.493 e. The highest BCUT2D eigenvalue weighted by Gasteiger charge is 2.27. The van der Waals surface area contributed by atoms with Gasteiger partial charge < -0.3 is 24.1 Å². The zero-order valence-corrected chi connectivity index (χ0v) is 16.5. The lowest BCUT2D eigenvalue weighted by Gasteiger charge is -2.19. The number of hydrogen-bond acceptors (Lipinski definition) is 5. The van der Waals surface area contributed by atoms with Gasteiger partial charge in [0.1, 0.15) is 0 Å². The van der Waals surface area contributed by atoms with Crippen LogP contribution in [-0.4, -0.2) is 39.0 Å². The van der Waals surface area contributed by atoms with Crippen molar-refractivity contribution in [1.29, 1.82) is 0 Å². The molecule has 150 valence electrons. The van der Waals surface area contributed by atoms with Crippen LogP contribution in [0.1, 0.15) is 5.56 Å². The first-order chi connectivity index (χ1) is 14.0. The molecule has 1 aliphatic heterocycles. The van der Waals surface area contributed by atoms with Crippen molar-refractivity contribution in [3.63, 3.8) is 0 Å². The average molecular weight is 396 g/mol. The number of carboxylic acids is 1. The Balaban J connectivity index is 1.89. The molecular formula is C22H22NO6+. The van der Waals surface area contributed by atoms with Crippen LogP contribution in [0.3, 0.4) is 0 Å². The SMILES string of the molecule is COc1cc2c(cc1OC)-c1cc3ccc(OC)c(OCC(=O)O)c3c[n+]1CC2. The lowest BCUT2D eigenvalue weighted by molar-refractivity contribution is -0.686. The van der Waals surface area contributed by atoms with E-state index in [1.54, 1.807) is 20.3 Å². The Morgan fingerprint density at radius 1 is 1.03 bits per heavy atom. The number of fused-ring (bicyclic) bond motifs is 4. The number of benzene rings is 2. The molecule has 7 nitrogen and oxygen atoms in total. The van der Waals surface area contributed by atoms with Crippen molar-refractivity contribution in [2.75, 3.05) is 27.9 Å². The predicted octanol–water partition coefficient (Wildman–Crippen LogP) is 2.84. The molecule has 0 aliphatic carbocycles. The van der Waals surface area contributed by atoms with E-state index in [0.29, 0.717) is 17.2 Å². The van der Waals surface area contributed by atoms with Crippen molar-refractivity contribution in [2.45, 2.75) is 13.0 Å². The molecule has 0 fully saturated rings. The van der Waals surface area contributed by atoms with Gasteiger partial charge in [-0.15, -0.1) is 0 Å². The number of aryl methyl sites for hydroxylation is 2. The molecule has 0 spiro atoms. The number of ether oxygens (including phenoxy) is 4. The summed E-state index contributed by atoms with van der Waals surface area (Å²) in [6.45, 7) is 0.348. The van der Waals surface area contributed by atoms with Crippen LogP contribution in [0.4, 0.5) is 0 Å². The van der Waals surface area contributed by atoms with E-state index < -0.39 is 12.6 Å². The van der Waals surface area contributed by atoms with Crippen LogP contribution >= 0.6 is 0 Å². The zero-order chi connectivity index (χ0) is 20.5. The molecule has 0 unspecified atom stereocenters. The van der Waals surface area contributed by atoms with Gasteiger partial charge in [-0.1, -0.05) is 0 Å². The fraction of sp³-hybridized carbons (Fsp3) is 0.273. The second kappa shape index (κ2) is 7.50. The minimum Gasteiger partial charge on any atom is -0.493 e. The van der Waals surface area contributed by atoms with Crippen LogP contribution in [0.15, 0.2) is 36.5 Å². The molecule has 3 aromatic rings. The van der Waals surface area contributed by atoms with Gasteiger partial charge in [0.2, 0.25) is 5.69 Å². The quantitative estimate of drug-likeness (QED) is 0.646. The normalized spacial score (nSPS) is 12.1. The summed E-state index contributed by atoms with van der Waals surface area (Å²) in [5.74, 6) is 1.29. The average Bonchev–Trinajstić information content (AvgIpc) is 2.74. The smallest absolute Gasteiger partial charge is 0.341 e. The lowest BCUT2D eigenvalue weighted by atomic mass is 9.95. The molecule has 1 aliphatic rings. The topological polar surface area (TPSA) is 78.1 Å². The fourth-order valence-electron chi connectivity index (χ4n) is 3.78. The molecule has 0 saturated carbocycles. The van der Waals surface area contributed by atoms with Gasteiger partial charge in [0.05, 0.1) is 32.3 Å². The van der Waals surface area contributed by atoms with Gasteiger partial charge in [0.25, 0.3) is 0 Å². The lowest BCUT2D eigenvalue weighted by Crippen LogP contribution is -2.40. The Labute approximate surface area is 168 Å². The number of pyridine rings is 1. The first kappa shape index (κ1) is 18.9. The number of hydrogen-bond donors (Lipinski definition) is 1. The number of carbonyl (C=O) groups is 1. The summed E-state index contributed by atoms with van der Waals surface area (Å²) in [6, 6.07) is 9.83. The standard InChI is InChI=1S/C22H21NO6/c1-26-18-5-4-13-8-17-15-10-20(28-3)19(27-2)9-14(15)6-7-23(17)11-16(13)22(18)29-12-21(24)25/h4-5,8-11H,6-7,12H2,1-3H3/p+1. The summed E-state index contributed by atoms with van der Waals surface area (Å²) in [6.07, 6.45) is 2.83. The summed E-state index contributed by atoms with van der Waals surface area (Å²) in [5, 5.41) is 10.7. The Morgan fingerprint density at radius 3 is 2.45 bits per heavy atom. The van der Waals surface area contributed by atoms with Gasteiger partial charge >= 0.3 is 5.97 Å². The summed E-state index contributed by atoms with van der Waals surface area (Å²) >= 11 is 0. The highest BCUT2D eigenvalue weighted by molar-refractivity contribution is 5.92. The Hall–Kier alpha value is -3.48. The predicted molar refractivity (Wildman–Crippen MR) is 106 cm³/mol. The number of nitrogens with zero attached hydrogens (tertiary/aromatic N) is 1. The summed E-state index contributed by atoms with van der Waals surface area (Å²) in [4.78, 5) is 11.0. The second-order valence-corrected chi connectivity index (χ2v) is 6.75. The maximum Gasteiger partial charge on any atom is 0.341 e. The molecule has 1 N–H and O–H groups in total. The van der Waals surface area contributed by atoms with Crippen molar-refractivity contribution < 1.29 is 33.4 Å². The molecule has 1 aromatic heterocycles. The van der Waals surface area contributed by atoms with Crippen LogP contribution in [0, 0.1) is 0 Å². The summed E-state index contributed by atoms with van der Waals surface area (Å²) < 4.78 is 24.0. The van der Waals surface area contributed by atoms with Gasteiger partial charge in [-0.25, -0.2) is 4.79 Å². The van der Waals surface area contributed by atoms with Crippen LogP contribution in [-0.2, 0) is 17.8 Å². The van der Waals surface area contributed by atoms with Gasteiger partial charge in [0, 0.05) is 12.5 Å². The second-order valence-electron chi connectivity index (χ2n) is 6.75. The molecule has 7 heteroatoms. The van der Waals surface area contributed by atoms with Gasteiger partial charge in [-0.2, -0.15) is 4.57 Å². The third-order valence-corrected chi connectivity index (χ3v) is 5.15. The van der Waals surface area contributed by atoms with Crippen LogP contribution < -0.4 is 23.5 Å². The van der Waals surface area contributed by atoms with Gasteiger partial charge in [0.15, 0.2) is 42.3 Å². The number of carboxylic acid groups (broad SMARTS) is 1. The summed E-state index contributed by atoms with van der Waals surface area (Å²) in [7, 11) is 4.80. The van der Waals surface area contributed by atoms with Gasteiger partial charge in [-0.05, 0) is 35.2 Å². The molecule has 0 atom stereocenters. The van der Waals surface area contributed by atoms with E-state index in [1.165, 1.54) is 12.7 Å².